The molecular formula is C14H24N2O2S2. The number of rotatable bonds is 7. The lowest BCUT2D eigenvalue weighted by Crippen LogP contribution is -2.38. The van der Waals surface area contributed by atoms with Crippen molar-refractivity contribution < 1.29 is 8.42 Å². The Morgan fingerprint density at radius 2 is 2.10 bits per heavy atom. The number of nitrogens with one attached hydrogen (secondary N) is 1. The summed E-state index contributed by atoms with van der Waals surface area (Å²) in [5.74, 6) is 0.558. The van der Waals surface area contributed by atoms with Crippen LogP contribution in [0.3, 0.4) is 0 Å². The molecule has 0 amide bonds. The zero-order chi connectivity index (χ0) is 14.9. The van der Waals surface area contributed by atoms with Gasteiger partial charge in [0.05, 0.1) is 4.90 Å². The summed E-state index contributed by atoms with van der Waals surface area (Å²) in [7, 11) is -1.50. The number of thiophene rings is 1. The monoisotopic (exact) mass is 316 g/mol. The van der Waals surface area contributed by atoms with E-state index < -0.39 is 10.0 Å². The van der Waals surface area contributed by atoms with Gasteiger partial charge in [-0.2, -0.15) is 4.31 Å². The molecular weight excluding hydrogens is 292 g/mol. The molecule has 1 aliphatic carbocycles. The third kappa shape index (κ3) is 3.42. The Bertz CT molecular complexity index is 560. The van der Waals surface area contributed by atoms with Crippen molar-refractivity contribution >= 4 is 21.4 Å². The van der Waals surface area contributed by atoms with Gasteiger partial charge in [-0.25, -0.2) is 8.42 Å². The van der Waals surface area contributed by atoms with Crippen molar-refractivity contribution in [2.75, 3.05) is 13.6 Å². The van der Waals surface area contributed by atoms with Gasteiger partial charge in [0.25, 0.3) is 0 Å². The van der Waals surface area contributed by atoms with Crippen LogP contribution >= 0.6 is 11.3 Å². The summed E-state index contributed by atoms with van der Waals surface area (Å²) in [6.45, 7) is 7.18. The summed E-state index contributed by atoms with van der Waals surface area (Å²) in [6.07, 6.45) is 2.32. The Kier molecular flexibility index (Phi) is 4.89. The van der Waals surface area contributed by atoms with Gasteiger partial charge in [0.2, 0.25) is 10.0 Å². The molecule has 0 aliphatic heterocycles. The van der Waals surface area contributed by atoms with Gasteiger partial charge in [0, 0.05) is 28.9 Å². The predicted octanol–water partition coefficient (Wildman–Crippen LogP) is 2.59. The number of hydrogen-bond acceptors (Lipinski definition) is 4. The molecule has 1 saturated carbocycles. The molecule has 4 nitrogen and oxygen atoms in total. The van der Waals surface area contributed by atoms with Crippen molar-refractivity contribution in [2.45, 2.75) is 51.1 Å². The van der Waals surface area contributed by atoms with Gasteiger partial charge in [0.1, 0.15) is 0 Å². The van der Waals surface area contributed by atoms with Crippen LogP contribution in [0.25, 0.3) is 0 Å². The first-order valence-corrected chi connectivity index (χ1v) is 9.37. The summed E-state index contributed by atoms with van der Waals surface area (Å²) < 4.78 is 27.4. The number of aryl methyl sites for hydroxylation is 1. The molecule has 1 aromatic heterocycles. The quantitative estimate of drug-likeness (QED) is 0.841. The highest BCUT2D eigenvalue weighted by Crippen LogP contribution is 2.34. The van der Waals surface area contributed by atoms with Gasteiger partial charge >= 0.3 is 0 Å². The molecule has 1 N–H and O–H groups in total. The summed E-state index contributed by atoms with van der Waals surface area (Å²) in [4.78, 5) is 2.44. The molecule has 1 aromatic rings. The molecule has 2 rings (SSSR count). The maximum Gasteiger partial charge on any atom is 0.244 e. The van der Waals surface area contributed by atoms with Crippen LogP contribution in [0.15, 0.2) is 11.0 Å². The Labute approximate surface area is 126 Å². The van der Waals surface area contributed by atoms with Gasteiger partial charge in [0.15, 0.2) is 0 Å². The summed E-state index contributed by atoms with van der Waals surface area (Å²) in [6, 6.07) is 1.83. The van der Waals surface area contributed by atoms with Gasteiger partial charge in [-0.1, -0.05) is 0 Å². The zero-order valence-electron chi connectivity index (χ0n) is 12.6. The summed E-state index contributed by atoms with van der Waals surface area (Å²) in [5.41, 5.74) is 0. The van der Waals surface area contributed by atoms with Crippen molar-refractivity contribution in [3.05, 3.63) is 15.8 Å². The van der Waals surface area contributed by atoms with Crippen molar-refractivity contribution in [3.8, 4) is 0 Å². The first-order valence-electron chi connectivity index (χ1n) is 7.12. The van der Waals surface area contributed by atoms with Crippen LogP contribution in [-0.2, 0) is 16.6 Å². The second-order valence-electron chi connectivity index (χ2n) is 5.78. The molecule has 0 atom stereocenters. The third-order valence-corrected chi connectivity index (χ3v) is 6.92. The number of nitrogens with zero attached hydrogens (tertiary/aromatic N) is 1. The SMILES string of the molecule is CNCc1cc(S(=O)(=O)N(CC2CC2)C(C)C)c(C)s1. The smallest absolute Gasteiger partial charge is 0.244 e. The van der Waals surface area contributed by atoms with E-state index in [-0.39, 0.29) is 6.04 Å². The van der Waals surface area contributed by atoms with Crippen LogP contribution < -0.4 is 5.32 Å². The standard InChI is InChI=1S/C14H24N2O2S2/c1-10(2)16(9-12-5-6-12)20(17,18)14-7-13(8-15-4)19-11(14)3/h7,10,12,15H,5-6,8-9H2,1-4H3. The van der Waals surface area contributed by atoms with Gasteiger partial charge < -0.3 is 5.32 Å². The highest BCUT2D eigenvalue weighted by molar-refractivity contribution is 7.89. The van der Waals surface area contributed by atoms with Crippen molar-refractivity contribution in [1.29, 1.82) is 0 Å². The summed E-state index contributed by atoms with van der Waals surface area (Å²) in [5, 5.41) is 3.07. The van der Waals surface area contributed by atoms with E-state index in [0.717, 1.165) is 22.6 Å². The molecule has 114 valence electrons. The second kappa shape index (κ2) is 6.13. The molecule has 0 unspecified atom stereocenters. The summed E-state index contributed by atoms with van der Waals surface area (Å²) >= 11 is 1.56. The van der Waals surface area contributed by atoms with Crippen LogP contribution in [-0.4, -0.2) is 32.4 Å². The van der Waals surface area contributed by atoms with Gasteiger partial charge in [-0.15, -0.1) is 11.3 Å². The van der Waals surface area contributed by atoms with E-state index in [1.54, 1.807) is 15.6 Å². The van der Waals surface area contributed by atoms with Crippen LogP contribution in [0.2, 0.25) is 0 Å². The molecule has 1 fully saturated rings. The van der Waals surface area contributed by atoms with E-state index in [1.807, 2.05) is 33.9 Å². The lowest BCUT2D eigenvalue weighted by Gasteiger charge is -2.25. The lowest BCUT2D eigenvalue weighted by molar-refractivity contribution is 0.341. The Morgan fingerprint density at radius 3 is 2.60 bits per heavy atom. The molecule has 0 aromatic carbocycles. The zero-order valence-corrected chi connectivity index (χ0v) is 14.3. The number of hydrogen-bond donors (Lipinski definition) is 1. The van der Waals surface area contributed by atoms with Crippen LogP contribution in [0.4, 0.5) is 0 Å². The first kappa shape index (κ1) is 15.9. The maximum atomic E-state index is 12.9. The van der Waals surface area contributed by atoms with E-state index in [9.17, 15) is 8.42 Å². The van der Waals surface area contributed by atoms with Gasteiger partial charge in [-0.05, 0) is 52.6 Å². The van der Waals surface area contributed by atoms with Gasteiger partial charge in [-0.3, -0.25) is 0 Å². The fourth-order valence-electron chi connectivity index (χ4n) is 2.31. The molecule has 0 radical (unpaired) electrons. The Balaban J connectivity index is 2.31. The molecule has 0 saturated heterocycles. The average molecular weight is 316 g/mol. The first-order chi connectivity index (χ1) is 9.36. The van der Waals surface area contributed by atoms with Crippen molar-refractivity contribution in [2.24, 2.45) is 5.92 Å². The van der Waals surface area contributed by atoms with Crippen LogP contribution in [0.1, 0.15) is 36.4 Å². The lowest BCUT2D eigenvalue weighted by atomic mass is 10.3. The topological polar surface area (TPSA) is 49.4 Å². The molecule has 20 heavy (non-hydrogen) atoms. The second-order valence-corrected chi connectivity index (χ2v) is 8.98. The maximum absolute atomic E-state index is 12.9. The van der Waals surface area contributed by atoms with E-state index in [4.69, 9.17) is 0 Å². The molecule has 0 bridgehead atoms. The van der Waals surface area contributed by atoms with E-state index in [0.29, 0.717) is 23.9 Å². The van der Waals surface area contributed by atoms with Crippen molar-refractivity contribution in [3.63, 3.8) is 0 Å². The Morgan fingerprint density at radius 1 is 1.45 bits per heavy atom. The predicted molar refractivity (Wildman–Crippen MR) is 83.6 cm³/mol. The average Bonchev–Trinajstić information content (AvgIpc) is 3.09. The van der Waals surface area contributed by atoms with Crippen LogP contribution in [0.5, 0.6) is 0 Å². The van der Waals surface area contributed by atoms with E-state index in [1.165, 1.54) is 0 Å². The normalized spacial score (nSPS) is 16.3. The molecule has 6 heteroatoms. The fourth-order valence-corrected chi connectivity index (χ4v) is 5.64. The highest BCUT2D eigenvalue weighted by Gasteiger charge is 2.34. The molecule has 1 heterocycles. The molecule has 1 aliphatic rings. The van der Waals surface area contributed by atoms with E-state index >= 15 is 0 Å². The minimum atomic E-state index is -3.37. The fraction of sp³-hybridized carbons (Fsp3) is 0.714. The minimum Gasteiger partial charge on any atom is -0.315 e. The molecule has 0 spiro atoms. The third-order valence-electron chi connectivity index (χ3n) is 3.57. The Hall–Kier alpha value is -0.430. The minimum absolute atomic E-state index is 0.00708. The van der Waals surface area contributed by atoms with Crippen molar-refractivity contribution in [1.82, 2.24) is 9.62 Å². The van der Waals surface area contributed by atoms with Crippen LogP contribution in [0, 0.1) is 12.8 Å². The largest absolute Gasteiger partial charge is 0.315 e. The number of sulfonamides is 1. The van der Waals surface area contributed by atoms with E-state index in [2.05, 4.69) is 5.32 Å². The highest BCUT2D eigenvalue weighted by atomic mass is 32.2.